The van der Waals surface area contributed by atoms with Gasteiger partial charge >= 0.3 is 5.76 Å². The quantitative estimate of drug-likeness (QED) is 0.797. The SMILES string of the molecule is COCCN1C[C@@H]2CC[C@H]1CN(CCn1c(=O)oc3ccccc31)C2. The maximum Gasteiger partial charge on any atom is 0.419 e. The first-order valence-corrected chi connectivity index (χ1v) is 9.28. The highest BCUT2D eigenvalue weighted by Crippen LogP contribution is 2.27. The summed E-state index contributed by atoms with van der Waals surface area (Å²) in [6.07, 6.45) is 2.60. The molecule has 0 radical (unpaired) electrons. The summed E-state index contributed by atoms with van der Waals surface area (Å²) in [5, 5.41) is 0. The molecule has 0 saturated carbocycles. The maximum absolute atomic E-state index is 12.1. The number of piperidine rings is 1. The van der Waals surface area contributed by atoms with Crippen LogP contribution in [0.5, 0.6) is 0 Å². The Bertz CT molecular complexity index is 769. The Morgan fingerprint density at radius 3 is 2.88 bits per heavy atom. The van der Waals surface area contributed by atoms with Crippen molar-refractivity contribution in [3.8, 4) is 0 Å². The lowest BCUT2D eigenvalue weighted by atomic mass is 9.95. The second-order valence-corrected chi connectivity index (χ2v) is 7.33. The Hall–Kier alpha value is -1.63. The molecule has 0 amide bonds. The Morgan fingerprint density at radius 2 is 2.00 bits per heavy atom. The Morgan fingerprint density at radius 1 is 1.12 bits per heavy atom. The van der Waals surface area contributed by atoms with Crippen molar-refractivity contribution in [2.75, 3.05) is 46.4 Å². The van der Waals surface area contributed by atoms with E-state index in [-0.39, 0.29) is 5.76 Å². The lowest BCUT2D eigenvalue weighted by Crippen LogP contribution is -2.45. The van der Waals surface area contributed by atoms with Gasteiger partial charge in [-0.05, 0) is 30.9 Å². The maximum atomic E-state index is 12.1. The van der Waals surface area contributed by atoms with E-state index in [1.807, 2.05) is 24.3 Å². The third-order valence-electron chi connectivity index (χ3n) is 5.70. The molecule has 3 aliphatic heterocycles. The van der Waals surface area contributed by atoms with Crippen molar-refractivity contribution in [3.05, 3.63) is 34.8 Å². The van der Waals surface area contributed by atoms with E-state index in [4.69, 9.17) is 9.15 Å². The minimum atomic E-state index is -0.249. The molecule has 3 fully saturated rings. The fraction of sp³-hybridized carbons (Fsp3) is 0.632. The first kappa shape index (κ1) is 16.8. The van der Waals surface area contributed by atoms with Gasteiger partial charge in [-0.3, -0.25) is 14.4 Å². The topological polar surface area (TPSA) is 50.9 Å². The number of rotatable bonds is 6. The largest absolute Gasteiger partial charge is 0.419 e. The normalized spacial score (nSPS) is 24.8. The molecule has 0 N–H and O–H groups in total. The minimum Gasteiger partial charge on any atom is -0.408 e. The van der Waals surface area contributed by atoms with Crippen molar-refractivity contribution >= 4 is 11.1 Å². The molecule has 0 aliphatic carbocycles. The summed E-state index contributed by atoms with van der Waals surface area (Å²) in [7, 11) is 1.77. The zero-order chi connectivity index (χ0) is 17.2. The molecule has 2 aromatic rings. The van der Waals surface area contributed by atoms with Gasteiger partial charge in [0.1, 0.15) is 0 Å². The first-order valence-electron chi connectivity index (χ1n) is 9.28. The number of benzene rings is 1. The van der Waals surface area contributed by atoms with Crippen molar-refractivity contribution in [2.45, 2.75) is 25.4 Å². The molecule has 6 heteroatoms. The van der Waals surface area contributed by atoms with Gasteiger partial charge in [0.25, 0.3) is 0 Å². The van der Waals surface area contributed by atoms with Crippen LogP contribution >= 0.6 is 0 Å². The zero-order valence-electron chi connectivity index (χ0n) is 14.9. The van der Waals surface area contributed by atoms with E-state index in [1.165, 1.54) is 19.4 Å². The van der Waals surface area contributed by atoms with E-state index in [0.717, 1.165) is 44.2 Å². The Balaban J connectivity index is 1.43. The van der Waals surface area contributed by atoms with Gasteiger partial charge in [0.2, 0.25) is 0 Å². The number of hydrogen-bond acceptors (Lipinski definition) is 5. The molecule has 2 bridgehead atoms. The molecular weight excluding hydrogens is 318 g/mol. The predicted octanol–water partition coefficient (Wildman–Crippen LogP) is 1.64. The molecule has 136 valence electrons. The van der Waals surface area contributed by atoms with E-state index in [0.29, 0.717) is 18.2 Å². The van der Waals surface area contributed by atoms with Gasteiger partial charge in [-0.1, -0.05) is 12.1 Å². The van der Waals surface area contributed by atoms with Crippen molar-refractivity contribution in [1.82, 2.24) is 14.4 Å². The van der Waals surface area contributed by atoms with Gasteiger partial charge in [0.05, 0.1) is 12.1 Å². The second kappa shape index (κ2) is 7.32. The number of aromatic nitrogens is 1. The molecule has 3 saturated heterocycles. The van der Waals surface area contributed by atoms with Crippen molar-refractivity contribution in [1.29, 1.82) is 0 Å². The highest BCUT2D eigenvalue weighted by atomic mass is 16.5. The molecule has 2 atom stereocenters. The summed E-state index contributed by atoms with van der Waals surface area (Å²) in [4.78, 5) is 17.3. The molecule has 6 nitrogen and oxygen atoms in total. The van der Waals surface area contributed by atoms with Gasteiger partial charge < -0.3 is 9.15 Å². The molecule has 4 heterocycles. The highest BCUT2D eigenvalue weighted by molar-refractivity contribution is 5.72. The molecule has 1 aromatic heterocycles. The molecule has 3 aliphatic rings. The first-order chi connectivity index (χ1) is 12.2. The fourth-order valence-corrected chi connectivity index (χ4v) is 4.41. The summed E-state index contributed by atoms with van der Waals surface area (Å²) < 4.78 is 12.4. The van der Waals surface area contributed by atoms with Crippen LogP contribution in [0, 0.1) is 5.92 Å². The zero-order valence-corrected chi connectivity index (χ0v) is 14.9. The lowest BCUT2D eigenvalue weighted by Gasteiger charge is -2.35. The van der Waals surface area contributed by atoms with Crippen molar-refractivity contribution < 1.29 is 9.15 Å². The predicted molar refractivity (Wildman–Crippen MR) is 96.9 cm³/mol. The number of oxazole rings is 1. The number of methoxy groups -OCH3 is 1. The highest BCUT2D eigenvalue weighted by Gasteiger charge is 2.34. The van der Waals surface area contributed by atoms with E-state index >= 15 is 0 Å². The molecule has 25 heavy (non-hydrogen) atoms. The molecule has 1 aromatic carbocycles. The van der Waals surface area contributed by atoms with Crippen LogP contribution in [-0.2, 0) is 11.3 Å². The molecule has 0 unspecified atom stereocenters. The van der Waals surface area contributed by atoms with E-state index in [1.54, 1.807) is 11.7 Å². The van der Waals surface area contributed by atoms with Crippen LogP contribution in [0.4, 0.5) is 0 Å². The van der Waals surface area contributed by atoms with E-state index < -0.39 is 0 Å². The number of para-hydroxylation sites is 2. The van der Waals surface area contributed by atoms with Gasteiger partial charge in [0, 0.05) is 52.4 Å². The van der Waals surface area contributed by atoms with Gasteiger partial charge in [-0.15, -0.1) is 0 Å². The van der Waals surface area contributed by atoms with Crippen LogP contribution in [-0.4, -0.2) is 66.8 Å². The number of fused-ring (bicyclic) bond motifs is 5. The molecule has 5 rings (SSSR count). The summed E-state index contributed by atoms with van der Waals surface area (Å²) in [5.74, 6) is 0.481. The van der Waals surface area contributed by atoms with E-state index in [2.05, 4.69) is 9.80 Å². The van der Waals surface area contributed by atoms with Crippen molar-refractivity contribution in [3.63, 3.8) is 0 Å². The monoisotopic (exact) mass is 345 g/mol. The lowest BCUT2D eigenvalue weighted by molar-refractivity contribution is 0.0868. The van der Waals surface area contributed by atoms with Crippen LogP contribution < -0.4 is 5.76 Å². The third-order valence-corrected chi connectivity index (χ3v) is 5.70. The van der Waals surface area contributed by atoms with E-state index in [9.17, 15) is 4.79 Å². The Kier molecular flexibility index (Phi) is 4.92. The Labute approximate surface area is 147 Å². The minimum absolute atomic E-state index is 0.249. The smallest absolute Gasteiger partial charge is 0.408 e. The number of nitrogens with zero attached hydrogens (tertiary/aromatic N) is 3. The van der Waals surface area contributed by atoms with Crippen molar-refractivity contribution in [2.24, 2.45) is 5.92 Å². The standard InChI is InChI=1S/C19H27N3O3/c1-24-11-10-21-13-15-6-7-16(21)14-20(12-15)8-9-22-17-4-2-3-5-18(17)25-19(22)23/h2-5,15-16H,6-14H2,1H3/t15-,16+/m1/s1. The number of hydrogen-bond donors (Lipinski definition) is 0. The second-order valence-electron chi connectivity index (χ2n) is 7.33. The molecule has 0 spiro atoms. The molecular formula is C19H27N3O3. The summed E-state index contributed by atoms with van der Waals surface area (Å²) >= 11 is 0. The van der Waals surface area contributed by atoms with Gasteiger partial charge in [-0.2, -0.15) is 0 Å². The van der Waals surface area contributed by atoms with Gasteiger partial charge in [-0.25, -0.2) is 4.79 Å². The van der Waals surface area contributed by atoms with Crippen LogP contribution in [0.2, 0.25) is 0 Å². The average molecular weight is 345 g/mol. The number of ether oxygens (including phenoxy) is 1. The third kappa shape index (κ3) is 3.52. The van der Waals surface area contributed by atoms with Crippen LogP contribution in [0.3, 0.4) is 0 Å². The average Bonchev–Trinajstić information content (AvgIpc) is 2.76. The van der Waals surface area contributed by atoms with Crippen LogP contribution in [0.25, 0.3) is 11.1 Å². The van der Waals surface area contributed by atoms with Gasteiger partial charge in [0.15, 0.2) is 5.58 Å². The van der Waals surface area contributed by atoms with Crippen LogP contribution in [0.15, 0.2) is 33.5 Å². The van der Waals surface area contributed by atoms with Crippen LogP contribution in [0.1, 0.15) is 12.8 Å². The summed E-state index contributed by atoms with van der Waals surface area (Å²) in [5.41, 5.74) is 1.57. The summed E-state index contributed by atoms with van der Waals surface area (Å²) in [6.45, 7) is 6.81. The summed E-state index contributed by atoms with van der Waals surface area (Å²) in [6, 6.07) is 8.28. The fourth-order valence-electron chi connectivity index (χ4n) is 4.41.